The summed E-state index contributed by atoms with van der Waals surface area (Å²) in [4.78, 5) is 17.6. The third kappa shape index (κ3) is 2.81. The summed E-state index contributed by atoms with van der Waals surface area (Å²) >= 11 is 0. The van der Waals surface area contributed by atoms with Gasteiger partial charge in [-0.1, -0.05) is 12.8 Å². The molecule has 3 nitrogen and oxygen atoms in total. The highest BCUT2D eigenvalue weighted by molar-refractivity contribution is 5.94. The molecule has 1 aliphatic rings. The van der Waals surface area contributed by atoms with Crippen LogP contribution in [0.5, 0.6) is 0 Å². The summed E-state index contributed by atoms with van der Waals surface area (Å²) in [5, 5.41) is 0. The number of halogens is 1. The topological polar surface area (TPSA) is 33.2 Å². The molecule has 0 aliphatic carbocycles. The molecule has 17 heavy (non-hydrogen) atoms. The first kappa shape index (κ1) is 12.0. The van der Waals surface area contributed by atoms with Gasteiger partial charge in [-0.25, -0.2) is 4.98 Å². The van der Waals surface area contributed by atoms with Gasteiger partial charge in [-0.3, -0.25) is 4.79 Å². The van der Waals surface area contributed by atoms with Crippen molar-refractivity contribution < 1.29 is 9.18 Å². The minimum atomic E-state index is -0.599. The average molecular weight is 236 g/mol. The van der Waals surface area contributed by atoms with E-state index in [4.69, 9.17) is 0 Å². The molecule has 0 saturated carbocycles. The number of pyridine rings is 1. The van der Waals surface area contributed by atoms with Crippen LogP contribution in [0.3, 0.4) is 0 Å². The van der Waals surface area contributed by atoms with E-state index in [1.807, 2.05) is 4.90 Å². The fourth-order valence-electron chi connectivity index (χ4n) is 2.28. The highest BCUT2D eigenvalue weighted by atomic mass is 19.1. The third-order valence-corrected chi connectivity index (χ3v) is 3.29. The van der Waals surface area contributed by atoms with Crippen molar-refractivity contribution in [1.82, 2.24) is 9.88 Å². The molecule has 0 radical (unpaired) electrons. The fraction of sp³-hybridized carbons (Fsp3) is 0.538. The van der Waals surface area contributed by atoms with Gasteiger partial charge in [0.2, 0.25) is 5.95 Å². The Labute approximate surface area is 101 Å². The number of carbonyl (C=O) groups excluding carboxylic acids is 1. The Morgan fingerprint density at radius 1 is 1.47 bits per heavy atom. The molecule has 1 amide bonds. The first-order valence-corrected chi connectivity index (χ1v) is 6.11. The number of carbonyl (C=O) groups is 1. The SMILES string of the molecule is CC1CCCCCN1C(=O)c1ccnc(F)c1. The van der Waals surface area contributed by atoms with E-state index in [2.05, 4.69) is 11.9 Å². The van der Waals surface area contributed by atoms with Gasteiger partial charge in [0.15, 0.2) is 0 Å². The van der Waals surface area contributed by atoms with Crippen molar-refractivity contribution in [3.63, 3.8) is 0 Å². The van der Waals surface area contributed by atoms with Crippen LogP contribution >= 0.6 is 0 Å². The predicted octanol–water partition coefficient (Wildman–Crippen LogP) is 2.63. The Morgan fingerprint density at radius 2 is 2.29 bits per heavy atom. The molecule has 4 heteroatoms. The summed E-state index contributed by atoms with van der Waals surface area (Å²) in [6.45, 7) is 2.82. The van der Waals surface area contributed by atoms with E-state index in [9.17, 15) is 9.18 Å². The van der Waals surface area contributed by atoms with E-state index in [1.165, 1.54) is 18.7 Å². The normalized spacial score (nSPS) is 21.1. The molecule has 1 aliphatic heterocycles. The molecule has 92 valence electrons. The molecule has 1 saturated heterocycles. The second-order valence-electron chi connectivity index (χ2n) is 4.56. The zero-order chi connectivity index (χ0) is 12.3. The van der Waals surface area contributed by atoms with E-state index in [1.54, 1.807) is 6.07 Å². The standard InChI is InChI=1S/C13H17FN2O/c1-10-5-3-2-4-8-16(10)13(17)11-6-7-15-12(14)9-11/h6-7,9-10H,2-5,8H2,1H3. The van der Waals surface area contributed by atoms with Crippen molar-refractivity contribution in [2.75, 3.05) is 6.54 Å². The minimum Gasteiger partial charge on any atom is -0.336 e. The zero-order valence-electron chi connectivity index (χ0n) is 10.0. The monoisotopic (exact) mass is 236 g/mol. The number of hydrogen-bond acceptors (Lipinski definition) is 2. The van der Waals surface area contributed by atoms with Gasteiger partial charge < -0.3 is 4.90 Å². The lowest BCUT2D eigenvalue weighted by atomic mass is 10.1. The molecule has 1 fully saturated rings. The van der Waals surface area contributed by atoms with E-state index < -0.39 is 5.95 Å². The summed E-state index contributed by atoms with van der Waals surface area (Å²) in [6, 6.07) is 3.02. The fourth-order valence-corrected chi connectivity index (χ4v) is 2.28. The Kier molecular flexibility index (Phi) is 3.71. The number of hydrogen-bond donors (Lipinski definition) is 0. The smallest absolute Gasteiger partial charge is 0.254 e. The highest BCUT2D eigenvalue weighted by Crippen LogP contribution is 2.18. The van der Waals surface area contributed by atoms with Gasteiger partial charge in [-0.2, -0.15) is 4.39 Å². The quantitative estimate of drug-likeness (QED) is 0.702. The van der Waals surface area contributed by atoms with Crippen LogP contribution in [0.1, 0.15) is 43.0 Å². The van der Waals surface area contributed by atoms with Crippen LogP contribution in [0.25, 0.3) is 0 Å². The molecular weight excluding hydrogens is 219 g/mol. The van der Waals surface area contributed by atoms with Crippen LogP contribution in [-0.2, 0) is 0 Å². The van der Waals surface area contributed by atoms with E-state index in [0.29, 0.717) is 5.56 Å². The Hall–Kier alpha value is -1.45. The first-order valence-electron chi connectivity index (χ1n) is 6.11. The largest absolute Gasteiger partial charge is 0.336 e. The van der Waals surface area contributed by atoms with Crippen molar-refractivity contribution >= 4 is 5.91 Å². The summed E-state index contributed by atoms with van der Waals surface area (Å²) in [7, 11) is 0. The highest BCUT2D eigenvalue weighted by Gasteiger charge is 2.23. The predicted molar refractivity (Wildman–Crippen MR) is 63.2 cm³/mol. The Morgan fingerprint density at radius 3 is 3.06 bits per heavy atom. The van der Waals surface area contributed by atoms with Gasteiger partial charge in [0.25, 0.3) is 5.91 Å². The molecule has 1 aromatic heterocycles. The van der Waals surface area contributed by atoms with Crippen LogP contribution in [0.4, 0.5) is 4.39 Å². The molecule has 1 unspecified atom stereocenters. The van der Waals surface area contributed by atoms with Gasteiger partial charge in [-0.05, 0) is 25.8 Å². The molecule has 2 heterocycles. The number of likely N-dealkylation sites (tertiary alicyclic amines) is 1. The molecule has 0 aromatic carbocycles. The van der Waals surface area contributed by atoms with Gasteiger partial charge in [0.05, 0.1) is 0 Å². The number of rotatable bonds is 1. The van der Waals surface area contributed by atoms with Crippen LogP contribution in [0.2, 0.25) is 0 Å². The lowest BCUT2D eigenvalue weighted by molar-refractivity contribution is 0.0697. The second kappa shape index (κ2) is 5.25. The third-order valence-electron chi connectivity index (χ3n) is 3.29. The lowest BCUT2D eigenvalue weighted by Gasteiger charge is -2.27. The minimum absolute atomic E-state index is 0.0827. The van der Waals surface area contributed by atoms with Crippen molar-refractivity contribution in [2.24, 2.45) is 0 Å². The van der Waals surface area contributed by atoms with Crippen LogP contribution in [0.15, 0.2) is 18.3 Å². The lowest BCUT2D eigenvalue weighted by Crippen LogP contribution is -2.38. The van der Waals surface area contributed by atoms with Crippen molar-refractivity contribution in [3.05, 3.63) is 29.8 Å². The molecule has 0 spiro atoms. The molecular formula is C13H17FN2O. The Balaban J connectivity index is 2.18. The van der Waals surface area contributed by atoms with Gasteiger partial charge in [0, 0.05) is 30.4 Å². The second-order valence-corrected chi connectivity index (χ2v) is 4.56. The van der Waals surface area contributed by atoms with Crippen molar-refractivity contribution in [2.45, 2.75) is 38.6 Å². The number of amides is 1. The van der Waals surface area contributed by atoms with E-state index in [-0.39, 0.29) is 11.9 Å². The average Bonchev–Trinajstić information content (AvgIpc) is 2.53. The van der Waals surface area contributed by atoms with Gasteiger partial charge in [-0.15, -0.1) is 0 Å². The van der Waals surface area contributed by atoms with Crippen LogP contribution in [0, 0.1) is 5.95 Å². The summed E-state index contributed by atoms with van der Waals surface area (Å²) in [5.74, 6) is -0.681. The molecule has 2 rings (SSSR count). The summed E-state index contributed by atoms with van der Waals surface area (Å²) in [5.41, 5.74) is 0.395. The summed E-state index contributed by atoms with van der Waals surface area (Å²) in [6.07, 6.45) is 5.72. The van der Waals surface area contributed by atoms with Crippen molar-refractivity contribution in [3.8, 4) is 0 Å². The molecule has 1 aromatic rings. The molecule has 0 bridgehead atoms. The number of nitrogens with zero attached hydrogens (tertiary/aromatic N) is 2. The van der Waals surface area contributed by atoms with Crippen LogP contribution in [-0.4, -0.2) is 28.4 Å². The van der Waals surface area contributed by atoms with Crippen molar-refractivity contribution in [1.29, 1.82) is 0 Å². The maximum Gasteiger partial charge on any atom is 0.254 e. The zero-order valence-corrected chi connectivity index (χ0v) is 10.0. The summed E-state index contributed by atoms with van der Waals surface area (Å²) < 4.78 is 13.0. The maximum atomic E-state index is 13.0. The van der Waals surface area contributed by atoms with Crippen LogP contribution < -0.4 is 0 Å². The number of aromatic nitrogens is 1. The van der Waals surface area contributed by atoms with E-state index >= 15 is 0 Å². The first-order chi connectivity index (χ1) is 8.18. The molecule has 1 atom stereocenters. The Bertz CT molecular complexity index is 408. The molecule has 0 N–H and O–H groups in total. The maximum absolute atomic E-state index is 13.0. The van der Waals surface area contributed by atoms with Gasteiger partial charge in [0.1, 0.15) is 0 Å². The van der Waals surface area contributed by atoms with E-state index in [0.717, 1.165) is 25.8 Å². The van der Waals surface area contributed by atoms with Gasteiger partial charge >= 0.3 is 0 Å².